The Morgan fingerprint density at radius 1 is 1.22 bits per heavy atom. The molecule has 0 unspecified atom stereocenters. The molecule has 3 nitrogen and oxygen atoms in total. The summed E-state index contributed by atoms with van der Waals surface area (Å²) in [5.41, 5.74) is 7.45. The summed E-state index contributed by atoms with van der Waals surface area (Å²) in [6.45, 7) is 5.00. The first-order valence-corrected chi connectivity index (χ1v) is 6.42. The lowest BCUT2D eigenvalue weighted by molar-refractivity contribution is 0.427. The zero-order valence-corrected chi connectivity index (χ0v) is 11.6. The highest BCUT2D eigenvalue weighted by atomic mass is 15.1. The van der Waals surface area contributed by atoms with Gasteiger partial charge in [-0.1, -0.05) is 6.42 Å². The number of nitrogens with zero attached hydrogens (tertiary/aromatic N) is 2. The van der Waals surface area contributed by atoms with Crippen LogP contribution in [0.2, 0.25) is 0 Å². The molecule has 0 heterocycles. The van der Waals surface area contributed by atoms with Crippen LogP contribution >= 0.6 is 0 Å². The van der Waals surface area contributed by atoms with E-state index in [1.807, 2.05) is 38.1 Å². The van der Waals surface area contributed by atoms with Crippen molar-refractivity contribution in [3.8, 4) is 6.07 Å². The third-order valence-corrected chi connectivity index (χ3v) is 3.18. The van der Waals surface area contributed by atoms with Crippen LogP contribution in [0.5, 0.6) is 0 Å². The van der Waals surface area contributed by atoms with Gasteiger partial charge in [0, 0.05) is 25.0 Å². The molecule has 0 aliphatic heterocycles. The van der Waals surface area contributed by atoms with Gasteiger partial charge in [0.1, 0.15) is 0 Å². The molecule has 0 fully saturated rings. The number of hydrogen-bond acceptors (Lipinski definition) is 3. The Bertz CT molecular complexity index is 401. The summed E-state index contributed by atoms with van der Waals surface area (Å²) >= 11 is 0. The second-order valence-corrected chi connectivity index (χ2v) is 5.47. The van der Waals surface area contributed by atoms with Crippen molar-refractivity contribution >= 4 is 11.4 Å². The Morgan fingerprint density at radius 2 is 1.83 bits per heavy atom. The van der Waals surface area contributed by atoms with Gasteiger partial charge >= 0.3 is 0 Å². The highest BCUT2D eigenvalue weighted by molar-refractivity contribution is 5.52. The van der Waals surface area contributed by atoms with Crippen LogP contribution < -0.4 is 10.6 Å². The van der Waals surface area contributed by atoms with Gasteiger partial charge in [0.15, 0.2) is 0 Å². The van der Waals surface area contributed by atoms with Crippen LogP contribution in [0.1, 0.15) is 33.1 Å². The van der Waals surface area contributed by atoms with E-state index in [1.165, 1.54) is 5.69 Å². The Labute approximate surface area is 110 Å². The van der Waals surface area contributed by atoms with Crippen molar-refractivity contribution in [1.82, 2.24) is 0 Å². The molecular formula is C15H23N3. The molecule has 98 valence electrons. The van der Waals surface area contributed by atoms with Gasteiger partial charge in [-0.2, -0.15) is 5.26 Å². The van der Waals surface area contributed by atoms with E-state index < -0.39 is 0 Å². The Kier molecular flexibility index (Phi) is 5.03. The molecular weight excluding hydrogens is 222 g/mol. The number of benzene rings is 1. The molecule has 0 aliphatic carbocycles. The van der Waals surface area contributed by atoms with Crippen molar-refractivity contribution < 1.29 is 0 Å². The molecule has 0 spiro atoms. The van der Waals surface area contributed by atoms with Gasteiger partial charge in [-0.15, -0.1) is 0 Å². The lowest BCUT2D eigenvalue weighted by atomic mass is 9.89. The van der Waals surface area contributed by atoms with Crippen molar-refractivity contribution in [2.75, 3.05) is 24.2 Å². The second kappa shape index (κ2) is 6.30. The maximum atomic E-state index is 8.93. The van der Waals surface area contributed by atoms with Gasteiger partial charge < -0.3 is 10.6 Å². The van der Waals surface area contributed by atoms with Crippen LogP contribution in [0, 0.1) is 16.7 Å². The molecule has 1 aromatic carbocycles. The lowest BCUT2D eigenvalue weighted by Gasteiger charge is -2.20. The fourth-order valence-corrected chi connectivity index (χ4v) is 1.83. The van der Waals surface area contributed by atoms with Crippen LogP contribution in [0.25, 0.3) is 0 Å². The second-order valence-electron chi connectivity index (χ2n) is 5.47. The number of nitrogen functional groups attached to an aromatic ring is 1. The van der Waals surface area contributed by atoms with Crippen LogP contribution in [0.15, 0.2) is 24.3 Å². The summed E-state index contributed by atoms with van der Waals surface area (Å²) in [5, 5.41) is 8.93. The van der Waals surface area contributed by atoms with Crippen LogP contribution in [0.4, 0.5) is 11.4 Å². The first kappa shape index (κ1) is 14.4. The maximum absolute atomic E-state index is 8.93. The average molecular weight is 245 g/mol. The number of nitrogens with two attached hydrogens (primary N) is 1. The van der Waals surface area contributed by atoms with Gasteiger partial charge in [-0.3, -0.25) is 0 Å². The molecule has 2 N–H and O–H groups in total. The first-order valence-electron chi connectivity index (χ1n) is 6.42. The molecule has 0 saturated carbocycles. The maximum Gasteiger partial charge on any atom is 0.0683 e. The molecule has 0 saturated heterocycles. The fourth-order valence-electron chi connectivity index (χ4n) is 1.83. The summed E-state index contributed by atoms with van der Waals surface area (Å²) in [6.07, 6.45) is 3.14. The predicted octanol–water partition coefficient (Wildman–Crippen LogP) is 3.43. The summed E-state index contributed by atoms with van der Waals surface area (Å²) in [5.74, 6) is 0. The molecule has 0 radical (unpaired) electrons. The quantitative estimate of drug-likeness (QED) is 0.617. The minimum Gasteiger partial charge on any atom is -0.399 e. The van der Waals surface area contributed by atoms with Crippen molar-refractivity contribution in [3.63, 3.8) is 0 Å². The van der Waals surface area contributed by atoms with Gasteiger partial charge in [0.25, 0.3) is 0 Å². The first-order chi connectivity index (χ1) is 8.44. The minimum absolute atomic E-state index is 0.195. The molecule has 0 atom stereocenters. The summed E-state index contributed by atoms with van der Waals surface area (Å²) < 4.78 is 0. The third-order valence-electron chi connectivity index (χ3n) is 3.18. The topological polar surface area (TPSA) is 53.0 Å². The SMILES string of the molecule is CN(CCCCC(C)(C)C#N)c1ccc(N)cc1. The van der Waals surface area contributed by atoms with Crippen LogP contribution in [0.3, 0.4) is 0 Å². The Hall–Kier alpha value is -1.69. The summed E-state index contributed by atoms with van der Waals surface area (Å²) in [7, 11) is 2.08. The van der Waals surface area contributed by atoms with Crippen LogP contribution in [-0.2, 0) is 0 Å². The van der Waals surface area contributed by atoms with E-state index >= 15 is 0 Å². The van der Waals surface area contributed by atoms with E-state index in [2.05, 4.69) is 18.0 Å². The van der Waals surface area contributed by atoms with Crippen molar-refractivity contribution in [3.05, 3.63) is 24.3 Å². The number of hydrogen-bond donors (Lipinski definition) is 1. The zero-order valence-electron chi connectivity index (χ0n) is 11.6. The predicted molar refractivity (Wildman–Crippen MR) is 77.4 cm³/mol. The number of anilines is 2. The van der Waals surface area contributed by atoms with E-state index in [0.717, 1.165) is 31.5 Å². The summed E-state index contributed by atoms with van der Waals surface area (Å²) in [4.78, 5) is 2.22. The third kappa shape index (κ3) is 4.67. The van der Waals surface area contributed by atoms with Gasteiger partial charge in [0.2, 0.25) is 0 Å². The average Bonchev–Trinajstić information content (AvgIpc) is 2.35. The lowest BCUT2D eigenvalue weighted by Crippen LogP contribution is -2.19. The fraction of sp³-hybridized carbons (Fsp3) is 0.533. The summed E-state index contributed by atoms with van der Waals surface area (Å²) in [6, 6.07) is 10.3. The number of rotatable bonds is 6. The van der Waals surface area contributed by atoms with Gasteiger partial charge in [-0.25, -0.2) is 0 Å². The number of nitriles is 1. The monoisotopic (exact) mass is 245 g/mol. The molecule has 3 heteroatoms. The van der Waals surface area contributed by atoms with Crippen molar-refractivity contribution in [1.29, 1.82) is 5.26 Å². The largest absolute Gasteiger partial charge is 0.399 e. The number of unbranched alkanes of at least 4 members (excludes halogenated alkanes) is 1. The highest BCUT2D eigenvalue weighted by Gasteiger charge is 2.15. The van der Waals surface area contributed by atoms with Gasteiger partial charge in [0.05, 0.1) is 11.5 Å². The molecule has 0 amide bonds. The van der Waals surface area contributed by atoms with Crippen molar-refractivity contribution in [2.45, 2.75) is 33.1 Å². The molecule has 0 aromatic heterocycles. The molecule has 1 rings (SSSR count). The zero-order chi connectivity index (χ0) is 13.6. The van der Waals surface area contributed by atoms with E-state index in [9.17, 15) is 0 Å². The highest BCUT2D eigenvalue weighted by Crippen LogP contribution is 2.22. The molecule has 1 aromatic rings. The molecule has 0 bridgehead atoms. The molecule has 18 heavy (non-hydrogen) atoms. The molecule has 0 aliphatic rings. The smallest absolute Gasteiger partial charge is 0.0683 e. The Balaban J connectivity index is 2.32. The van der Waals surface area contributed by atoms with Gasteiger partial charge in [-0.05, 0) is 51.0 Å². The van der Waals surface area contributed by atoms with E-state index in [1.54, 1.807) is 0 Å². The normalized spacial score (nSPS) is 11.0. The van der Waals surface area contributed by atoms with E-state index in [4.69, 9.17) is 11.0 Å². The van der Waals surface area contributed by atoms with E-state index in [0.29, 0.717) is 0 Å². The van der Waals surface area contributed by atoms with Crippen molar-refractivity contribution in [2.24, 2.45) is 5.41 Å². The van der Waals surface area contributed by atoms with Crippen LogP contribution in [-0.4, -0.2) is 13.6 Å². The minimum atomic E-state index is -0.195. The standard InChI is InChI=1S/C15H23N3/c1-15(2,12-16)10-4-5-11-18(3)14-8-6-13(17)7-9-14/h6-9H,4-5,10-11,17H2,1-3H3. The Morgan fingerprint density at radius 3 is 2.39 bits per heavy atom. The van der Waals surface area contributed by atoms with E-state index in [-0.39, 0.29) is 5.41 Å².